The highest BCUT2D eigenvalue weighted by atomic mass is 19.1. The molecule has 7 nitrogen and oxygen atoms in total. The van der Waals surface area contributed by atoms with Gasteiger partial charge in [-0.25, -0.2) is 9.07 Å². The Morgan fingerprint density at radius 3 is 2.29 bits per heavy atom. The Morgan fingerprint density at radius 1 is 0.886 bits per heavy atom. The van der Waals surface area contributed by atoms with E-state index in [1.165, 1.54) is 12.1 Å². The van der Waals surface area contributed by atoms with E-state index in [1.807, 2.05) is 55.5 Å². The molecule has 4 rings (SSSR count). The van der Waals surface area contributed by atoms with E-state index < -0.39 is 11.8 Å². The van der Waals surface area contributed by atoms with Gasteiger partial charge in [-0.1, -0.05) is 48.5 Å². The van der Waals surface area contributed by atoms with Crippen LogP contribution in [0.5, 0.6) is 5.75 Å². The number of ether oxygens (including phenoxy) is 1. The van der Waals surface area contributed by atoms with Crippen LogP contribution in [0.15, 0.2) is 78.9 Å². The smallest absolute Gasteiger partial charge is 0.276 e. The minimum Gasteiger partial charge on any atom is -0.483 e. The third kappa shape index (κ3) is 5.73. The Balaban J connectivity index is 1.32. The highest BCUT2D eigenvalue weighted by Crippen LogP contribution is 2.29. The summed E-state index contributed by atoms with van der Waals surface area (Å²) in [5.41, 5.74) is 9.51. The minimum absolute atomic E-state index is 0.0246. The van der Waals surface area contributed by atoms with Gasteiger partial charge in [0.25, 0.3) is 5.91 Å². The summed E-state index contributed by atoms with van der Waals surface area (Å²) in [6, 6.07) is 23.1. The summed E-state index contributed by atoms with van der Waals surface area (Å²) in [5, 5.41) is 4.46. The number of aryl methyl sites for hydroxylation is 1. The van der Waals surface area contributed by atoms with Crippen LogP contribution in [-0.4, -0.2) is 28.2 Å². The molecule has 0 spiro atoms. The fourth-order valence-electron chi connectivity index (χ4n) is 3.74. The maximum Gasteiger partial charge on any atom is 0.276 e. The van der Waals surface area contributed by atoms with E-state index in [9.17, 15) is 14.0 Å². The number of amides is 2. The molecule has 4 aromatic rings. The zero-order valence-corrected chi connectivity index (χ0v) is 19.4. The van der Waals surface area contributed by atoms with Crippen molar-refractivity contribution in [3.63, 3.8) is 0 Å². The Bertz CT molecular complexity index is 1330. The second-order valence-corrected chi connectivity index (χ2v) is 7.96. The number of carbonyl (C=O) groups excluding carboxylic acids is 2. The number of hydrazine groups is 1. The fourth-order valence-corrected chi connectivity index (χ4v) is 3.74. The van der Waals surface area contributed by atoms with Gasteiger partial charge in [0, 0.05) is 16.8 Å². The van der Waals surface area contributed by atoms with Crippen molar-refractivity contribution in [3.8, 4) is 22.6 Å². The van der Waals surface area contributed by atoms with Gasteiger partial charge in [-0.3, -0.25) is 20.4 Å². The van der Waals surface area contributed by atoms with E-state index in [4.69, 9.17) is 4.74 Å². The van der Waals surface area contributed by atoms with E-state index in [1.54, 1.807) is 29.8 Å². The van der Waals surface area contributed by atoms with Gasteiger partial charge in [0.2, 0.25) is 5.91 Å². The van der Waals surface area contributed by atoms with Crippen molar-refractivity contribution >= 4 is 11.8 Å². The van der Waals surface area contributed by atoms with Crippen LogP contribution in [0.25, 0.3) is 16.8 Å². The second kappa shape index (κ2) is 10.6. The van der Waals surface area contributed by atoms with Gasteiger partial charge in [0.1, 0.15) is 11.6 Å². The summed E-state index contributed by atoms with van der Waals surface area (Å²) in [6.45, 7) is 3.37. The fraction of sp³-hybridized carbons (Fsp3) is 0.148. The first-order chi connectivity index (χ1) is 16.9. The molecule has 0 radical (unpaired) electrons. The number of halogens is 1. The number of para-hydroxylation sites is 1. The zero-order chi connectivity index (χ0) is 24.8. The minimum atomic E-state index is -0.489. The molecule has 0 aliphatic carbocycles. The average Bonchev–Trinajstić information content (AvgIpc) is 3.15. The standard InChI is InChI=1S/C27H25FN4O3/c1-18-24(19(2)32(31-18)22-14-12-21(28)13-15-22)16-26(33)29-30-27(34)17-35-25-11-7-6-10-23(25)20-8-4-3-5-9-20/h3-15H,16-17H2,1-2H3,(H,29,33)(H,30,34). The maximum absolute atomic E-state index is 13.2. The summed E-state index contributed by atoms with van der Waals surface area (Å²) in [6.07, 6.45) is 0.0246. The monoisotopic (exact) mass is 472 g/mol. The van der Waals surface area contributed by atoms with Crippen molar-refractivity contribution in [2.24, 2.45) is 0 Å². The predicted molar refractivity (Wildman–Crippen MR) is 130 cm³/mol. The second-order valence-electron chi connectivity index (χ2n) is 7.96. The molecule has 178 valence electrons. The van der Waals surface area contributed by atoms with E-state index in [-0.39, 0.29) is 18.8 Å². The number of carbonyl (C=O) groups is 2. The molecule has 0 aliphatic rings. The largest absolute Gasteiger partial charge is 0.483 e. The molecule has 0 fully saturated rings. The summed E-state index contributed by atoms with van der Waals surface area (Å²) in [7, 11) is 0. The predicted octanol–water partition coefficient (Wildman–Crippen LogP) is 4.06. The van der Waals surface area contributed by atoms with Crippen LogP contribution in [0, 0.1) is 19.7 Å². The topological polar surface area (TPSA) is 85.3 Å². The third-order valence-electron chi connectivity index (χ3n) is 5.52. The number of nitrogens with one attached hydrogen (secondary N) is 2. The van der Waals surface area contributed by atoms with Crippen LogP contribution >= 0.6 is 0 Å². The summed E-state index contributed by atoms with van der Waals surface area (Å²) in [4.78, 5) is 24.7. The lowest BCUT2D eigenvalue weighted by Gasteiger charge is -2.12. The third-order valence-corrected chi connectivity index (χ3v) is 5.52. The molecule has 0 saturated carbocycles. The zero-order valence-electron chi connectivity index (χ0n) is 19.4. The molecule has 8 heteroatoms. The van der Waals surface area contributed by atoms with Crippen LogP contribution in [0.4, 0.5) is 4.39 Å². The van der Waals surface area contributed by atoms with Crippen molar-refractivity contribution in [3.05, 3.63) is 102 Å². The van der Waals surface area contributed by atoms with Crippen molar-refractivity contribution in [2.45, 2.75) is 20.3 Å². The SMILES string of the molecule is Cc1nn(-c2ccc(F)cc2)c(C)c1CC(=O)NNC(=O)COc1ccccc1-c1ccccc1. The van der Waals surface area contributed by atoms with Gasteiger partial charge < -0.3 is 4.74 Å². The van der Waals surface area contributed by atoms with Crippen molar-refractivity contribution < 1.29 is 18.7 Å². The maximum atomic E-state index is 13.2. The van der Waals surface area contributed by atoms with Gasteiger partial charge in [0.15, 0.2) is 6.61 Å². The van der Waals surface area contributed by atoms with Crippen LogP contribution in [-0.2, 0) is 16.0 Å². The van der Waals surface area contributed by atoms with Crippen LogP contribution in [0.1, 0.15) is 17.0 Å². The van der Waals surface area contributed by atoms with Crippen LogP contribution in [0.2, 0.25) is 0 Å². The lowest BCUT2D eigenvalue weighted by atomic mass is 10.1. The highest BCUT2D eigenvalue weighted by molar-refractivity contribution is 5.84. The molecular formula is C27H25FN4O3. The lowest BCUT2D eigenvalue weighted by molar-refractivity contribution is -0.129. The number of hydrogen-bond acceptors (Lipinski definition) is 4. The van der Waals surface area contributed by atoms with Gasteiger partial charge >= 0.3 is 0 Å². The Morgan fingerprint density at radius 2 is 1.54 bits per heavy atom. The molecule has 3 aromatic carbocycles. The van der Waals surface area contributed by atoms with Crippen LogP contribution in [0.3, 0.4) is 0 Å². The number of benzene rings is 3. The van der Waals surface area contributed by atoms with E-state index in [2.05, 4.69) is 16.0 Å². The Labute approximate surface area is 202 Å². The summed E-state index contributed by atoms with van der Waals surface area (Å²) >= 11 is 0. The molecule has 1 aromatic heterocycles. The molecule has 35 heavy (non-hydrogen) atoms. The van der Waals surface area contributed by atoms with Crippen LogP contribution < -0.4 is 15.6 Å². The first kappa shape index (κ1) is 23.7. The van der Waals surface area contributed by atoms with Gasteiger partial charge in [0.05, 0.1) is 17.8 Å². The molecule has 2 amide bonds. The Hall–Kier alpha value is -4.46. The molecule has 0 saturated heterocycles. The number of hydrogen-bond donors (Lipinski definition) is 2. The molecule has 0 atom stereocenters. The number of aromatic nitrogens is 2. The quantitative estimate of drug-likeness (QED) is 0.397. The number of rotatable bonds is 7. The van der Waals surface area contributed by atoms with Crippen molar-refractivity contribution in [1.29, 1.82) is 0 Å². The molecular weight excluding hydrogens is 447 g/mol. The summed E-state index contributed by atoms with van der Waals surface area (Å²) in [5.74, 6) is -0.651. The average molecular weight is 473 g/mol. The molecule has 0 bridgehead atoms. The number of nitrogens with zero attached hydrogens (tertiary/aromatic N) is 2. The molecule has 1 heterocycles. The summed E-state index contributed by atoms with van der Waals surface area (Å²) < 4.78 is 20.6. The van der Waals surface area contributed by atoms with Gasteiger partial charge in [-0.2, -0.15) is 5.10 Å². The van der Waals surface area contributed by atoms with Crippen molar-refractivity contribution in [1.82, 2.24) is 20.6 Å². The van der Waals surface area contributed by atoms with Gasteiger partial charge in [-0.15, -0.1) is 0 Å². The molecule has 0 aliphatic heterocycles. The first-order valence-corrected chi connectivity index (χ1v) is 11.1. The van der Waals surface area contributed by atoms with E-state index in [0.717, 1.165) is 22.4 Å². The first-order valence-electron chi connectivity index (χ1n) is 11.1. The Kier molecular flexibility index (Phi) is 7.21. The normalized spacial score (nSPS) is 10.6. The molecule has 2 N–H and O–H groups in total. The van der Waals surface area contributed by atoms with E-state index in [0.29, 0.717) is 17.1 Å². The molecule has 0 unspecified atom stereocenters. The van der Waals surface area contributed by atoms with Gasteiger partial charge in [-0.05, 0) is 49.7 Å². The lowest BCUT2D eigenvalue weighted by Crippen LogP contribution is -2.44. The highest BCUT2D eigenvalue weighted by Gasteiger charge is 2.17. The van der Waals surface area contributed by atoms with E-state index >= 15 is 0 Å². The van der Waals surface area contributed by atoms with Crippen molar-refractivity contribution in [2.75, 3.05) is 6.61 Å².